The van der Waals surface area contributed by atoms with Crippen LogP contribution in [-0.4, -0.2) is 30.7 Å². The van der Waals surface area contributed by atoms with Crippen LogP contribution in [0.2, 0.25) is 0 Å². The fraction of sp³-hybridized carbons (Fsp3) is 0.333. The Morgan fingerprint density at radius 1 is 1.55 bits per heavy atom. The van der Waals surface area contributed by atoms with E-state index in [1.807, 2.05) is 36.9 Å². The van der Waals surface area contributed by atoms with Crippen LogP contribution in [0.5, 0.6) is 0 Å². The van der Waals surface area contributed by atoms with E-state index in [1.165, 1.54) is 6.08 Å². The normalized spacial score (nSPS) is 11.0. The first-order valence-corrected chi connectivity index (χ1v) is 6.41. The summed E-state index contributed by atoms with van der Waals surface area (Å²) in [5.74, 6) is -0.730. The molecule has 5 heteroatoms. The van der Waals surface area contributed by atoms with Gasteiger partial charge in [-0.15, -0.1) is 0 Å². The highest BCUT2D eigenvalue weighted by atomic mass is 16.3. The molecule has 0 saturated carbocycles. The van der Waals surface area contributed by atoms with Crippen LogP contribution < -0.4 is 10.6 Å². The average Bonchev–Trinajstić information content (AvgIpc) is 2.43. The Morgan fingerprint density at radius 3 is 2.70 bits per heavy atom. The first-order valence-electron chi connectivity index (χ1n) is 6.41. The molecule has 1 aromatic carbocycles. The lowest BCUT2D eigenvalue weighted by Gasteiger charge is -2.22. The molecule has 0 saturated heterocycles. The molecule has 0 aliphatic carbocycles. The Bertz CT molecular complexity index is 559. The van der Waals surface area contributed by atoms with Gasteiger partial charge in [-0.1, -0.05) is 6.07 Å². The molecule has 0 heterocycles. The zero-order valence-electron chi connectivity index (χ0n) is 11.8. The highest BCUT2D eigenvalue weighted by Crippen LogP contribution is 2.21. The number of aliphatic hydroxyl groups excluding tert-OH is 1. The number of nitrogens with two attached hydrogens (primary N) is 1. The molecule has 0 atom stereocenters. The van der Waals surface area contributed by atoms with Crippen LogP contribution in [-0.2, 0) is 4.79 Å². The van der Waals surface area contributed by atoms with Crippen LogP contribution >= 0.6 is 0 Å². The average molecular weight is 273 g/mol. The van der Waals surface area contributed by atoms with Crippen molar-refractivity contribution >= 4 is 17.7 Å². The number of primary amides is 1. The maximum absolute atomic E-state index is 11.0. The highest BCUT2D eigenvalue weighted by Gasteiger charge is 2.08. The number of hydrogen-bond acceptors (Lipinski definition) is 4. The molecule has 3 N–H and O–H groups in total. The zero-order valence-corrected chi connectivity index (χ0v) is 11.8. The summed E-state index contributed by atoms with van der Waals surface area (Å²) in [6, 6.07) is 7.48. The van der Waals surface area contributed by atoms with Gasteiger partial charge in [0, 0.05) is 18.8 Å². The van der Waals surface area contributed by atoms with Crippen molar-refractivity contribution in [2.24, 2.45) is 5.73 Å². The highest BCUT2D eigenvalue weighted by molar-refractivity contribution is 6.00. The number of amides is 1. The number of nitrogens with zero attached hydrogens (tertiary/aromatic N) is 2. The monoisotopic (exact) mass is 273 g/mol. The number of aryl methyl sites for hydroxylation is 1. The van der Waals surface area contributed by atoms with Crippen molar-refractivity contribution in [3.05, 3.63) is 34.9 Å². The van der Waals surface area contributed by atoms with E-state index in [0.717, 1.165) is 23.4 Å². The smallest absolute Gasteiger partial charge is 0.259 e. The molecular formula is C15H19N3O2. The first kappa shape index (κ1) is 15.7. The Labute approximate surface area is 118 Å². The fourth-order valence-electron chi connectivity index (χ4n) is 1.92. The summed E-state index contributed by atoms with van der Waals surface area (Å²) in [6.07, 6.45) is 1.49. The van der Waals surface area contributed by atoms with Gasteiger partial charge in [0.1, 0.15) is 11.6 Å². The lowest BCUT2D eigenvalue weighted by atomic mass is 10.0. The summed E-state index contributed by atoms with van der Waals surface area (Å²) in [7, 11) is 0. The van der Waals surface area contributed by atoms with Gasteiger partial charge in [-0.2, -0.15) is 5.26 Å². The second kappa shape index (κ2) is 7.31. The lowest BCUT2D eigenvalue weighted by molar-refractivity contribution is -0.114. The third kappa shape index (κ3) is 3.84. The van der Waals surface area contributed by atoms with Gasteiger partial charge >= 0.3 is 0 Å². The Morgan fingerprint density at radius 2 is 2.25 bits per heavy atom. The van der Waals surface area contributed by atoms with E-state index in [-0.39, 0.29) is 12.2 Å². The standard InChI is InChI=1S/C15H19N3O2/c1-3-18(6-7-19)14-5-4-12(11(2)8-14)9-13(10-16)15(17)20/h4-5,8-9,19H,3,6-7H2,1-2H3,(H2,17,20)/b13-9+. The van der Waals surface area contributed by atoms with Gasteiger partial charge in [-0.05, 0) is 43.2 Å². The maximum atomic E-state index is 11.0. The van der Waals surface area contributed by atoms with Crippen LogP contribution in [0.1, 0.15) is 18.1 Å². The van der Waals surface area contributed by atoms with Crippen molar-refractivity contribution in [2.75, 3.05) is 24.6 Å². The van der Waals surface area contributed by atoms with Crippen LogP contribution in [0, 0.1) is 18.3 Å². The third-order valence-corrected chi connectivity index (χ3v) is 3.06. The molecule has 1 amide bonds. The summed E-state index contributed by atoms with van der Waals surface area (Å²) in [6.45, 7) is 5.36. The van der Waals surface area contributed by atoms with Gasteiger partial charge in [0.25, 0.3) is 5.91 Å². The van der Waals surface area contributed by atoms with Gasteiger partial charge in [-0.3, -0.25) is 4.79 Å². The zero-order chi connectivity index (χ0) is 15.1. The molecule has 0 aliphatic rings. The summed E-state index contributed by atoms with van der Waals surface area (Å²) in [5, 5.41) is 17.9. The number of carbonyl (C=O) groups excluding carboxylic acids is 1. The van der Waals surface area contributed by atoms with Crippen molar-refractivity contribution in [3.63, 3.8) is 0 Å². The molecule has 1 rings (SSSR count). The van der Waals surface area contributed by atoms with Crippen LogP contribution in [0.4, 0.5) is 5.69 Å². The molecule has 0 radical (unpaired) electrons. The number of benzene rings is 1. The van der Waals surface area contributed by atoms with Gasteiger partial charge < -0.3 is 15.7 Å². The minimum Gasteiger partial charge on any atom is -0.395 e. The number of anilines is 1. The number of likely N-dealkylation sites (N-methyl/N-ethyl adjacent to an activating group) is 1. The van der Waals surface area contributed by atoms with Crippen molar-refractivity contribution in [3.8, 4) is 6.07 Å². The summed E-state index contributed by atoms with van der Waals surface area (Å²) >= 11 is 0. The quantitative estimate of drug-likeness (QED) is 0.602. The molecule has 0 aliphatic heterocycles. The largest absolute Gasteiger partial charge is 0.395 e. The maximum Gasteiger partial charge on any atom is 0.259 e. The summed E-state index contributed by atoms with van der Waals surface area (Å²) in [4.78, 5) is 13.1. The number of carbonyl (C=O) groups is 1. The van der Waals surface area contributed by atoms with Gasteiger partial charge in [0.05, 0.1) is 6.61 Å². The van der Waals surface area contributed by atoms with Crippen molar-refractivity contribution in [1.29, 1.82) is 5.26 Å². The van der Waals surface area contributed by atoms with E-state index < -0.39 is 5.91 Å². The molecule has 5 nitrogen and oxygen atoms in total. The lowest BCUT2D eigenvalue weighted by Crippen LogP contribution is -2.26. The Hall–Kier alpha value is -2.32. The Balaban J connectivity index is 3.11. The molecule has 0 aromatic heterocycles. The fourth-order valence-corrected chi connectivity index (χ4v) is 1.92. The van der Waals surface area contributed by atoms with Gasteiger partial charge in [0.15, 0.2) is 0 Å². The Kier molecular flexibility index (Phi) is 5.75. The summed E-state index contributed by atoms with van der Waals surface area (Å²) in [5.41, 5.74) is 7.77. The van der Waals surface area contributed by atoms with Crippen molar-refractivity contribution in [2.45, 2.75) is 13.8 Å². The molecule has 0 unspecified atom stereocenters. The second-order valence-electron chi connectivity index (χ2n) is 4.38. The van der Waals surface area contributed by atoms with Gasteiger partial charge in [-0.25, -0.2) is 0 Å². The van der Waals surface area contributed by atoms with Crippen LogP contribution in [0.3, 0.4) is 0 Å². The van der Waals surface area contributed by atoms with E-state index in [9.17, 15) is 4.79 Å². The minimum atomic E-state index is -0.730. The van der Waals surface area contributed by atoms with E-state index in [2.05, 4.69) is 0 Å². The third-order valence-electron chi connectivity index (χ3n) is 3.06. The second-order valence-corrected chi connectivity index (χ2v) is 4.38. The molecule has 1 aromatic rings. The van der Waals surface area contributed by atoms with Crippen molar-refractivity contribution in [1.82, 2.24) is 0 Å². The van der Waals surface area contributed by atoms with E-state index >= 15 is 0 Å². The molecule has 0 fully saturated rings. The van der Waals surface area contributed by atoms with E-state index in [0.29, 0.717) is 6.54 Å². The summed E-state index contributed by atoms with van der Waals surface area (Å²) < 4.78 is 0. The van der Waals surface area contributed by atoms with E-state index in [1.54, 1.807) is 6.07 Å². The molecule has 20 heavy (non-hydrogen) atoms. The predicted octanol–water partition coefficient (Wildman–Crippen LogP) is 1.21. The molecule has 0 bridgehead atoms. The number of hydrogen-bond donors (Lipinski definition) is 2. The van der Waals surface area contributed by atoms with E-state index in [4.69, 9.17) is 16.1 Å². The van der Waals surface area contributed by atoms with Crippen molar-refractivity contribution < 1.29 is 9.90 Å². The van der Waals surface area contributed by atoms with Crippen LogP contribution in [0.15, 0.2) is 23.8 Å². The molecule has 106 valence electrons. The topological polar surface area (TPSA) is 90.3 Å². The minimum absolute atomic E-state index is 0.0662. The predicted molar refractivity (Wildman–Crippen MR) is 78.9 cm³/mol. The van der Waals surface area contributed by atoms with Gasteiger partial charge in [0.2, 0.25) is 0 Å². The molecule has 0 spiro atoms. The number of aliphatic hydroxyl groups is 1. The SMILES string of the molecule is CCN(CCO)c1ccc(/C=C(\C#N)C(N)=O)c(C)c1. The number of nitriles is 1. The molecular weight excluding hydrogens is 254 g/mol. The first-order chi connectivity index (χ1) is 9.53. The number of rotatable bonds is 6. The van der Waals surface area contributed by atoms with Crippen LogP contribution in [0.25, 0.3) is 6.08 Å².